The van der Waals surface area contributed by atoms with Crippen LogP contribution in [-0.4, -0.2) is 5.91 Å². The van der Waals surface area contributed by atoms with Gasteiger partial charge in [-0.2, -0.15) is 0 Å². The predicted octanol–water partition coefficient (Wildman–Crippen LogP) is 0.0453. The third-order valence-electron chi connectivity index (χ3n) is 0.421. The van der Waals surface area contributed by atoms with Gasteiger partial charge in [-0.15, -0.1) is 0 Å². The van der Waals surface area contributed by atoms with Gasteiger partial charge in [-0.05, 0) is 6.92 Å². The molecule has 2 N–H and O–H groups in total. The molecular weight excluding hydrogens is 126 g/mol. The van der Waals surface area contributed by atoms with Crippen LogP contribution in [0.5, 0.6) is 0 Å². The van der Waals surface area contributed by atoms with E-state index in [1.54, 1.807) is 6.92 Å². The maximum atomic E-state index is 9.82. The fraction of sp³-hybridized carbons (Fsp3) is 0.250. The van der Waals surface area contributed by atoms with Gasteiger partial charge in [0.2, 0.25) is 5.91 Å². The van der Waals surface area contributed by atoms with E-state index in [9.17, 15) is 4.79 Å². The minimum Gasteiger partial charge on any atom is -0.366 e. The Kier molecular flexibility index (Phi) is 5.86. The van der Waals surface area contributed by atoms with E-state index < -0.39 is 5.91 Å². The number of rotatable bonds is 1. The van der Waals surface area contributed by atoms with Crippen LogP contribution in [-0.2, 0) is 26.5 Å². The Morgan fingerprint density at radius 3 is 1.86 bits per heavy atom. The van der Waals surface area contributed by atoms with Crippen molar-refractivity contribution in [1.29, 1.82) is 0 Å². The minimum atomic E-state index is -0.435. The normalized spacial score (nSPS) is 6.43. The summed E-state index contributed by atoms with van der Waals surface area (Å²) in [5, 5.41) is 0. The maximum absolute atomic E-state index is 9.82. The molecule has 0 aliphatic heterocycles. The van der Waals surface area contributed by atoms with Gasteiger partial charge in [0.25, 0.3) is 0 Å². The van der Waals surface area contributed by atoms with Gasteiger partial charge in [0.15, 0.2) is 0 Å². The van der Waals surface area contributed by atoms with E-state index >= 15 is 0 Å². The molecular formula is C4H7NOTi. The van der Waals surface area contributed by atoms with Crippen LogP contribution in [0.25, 0.3) is 0 Å². The Morgan fingerprint density at radius 1 is 1.71 bits per heavy atom. The monoisotopic (exact) mass is 133 g/mol. The molecule has 0 aromatic heterocycles. The van der Waals surface area contributed by atoms with E-state index in [1.165, 1.54) is 0 Å². The van der Waals surface area contributed by atoms with E-state index in [4.69, 9.17) is 5.73 Å². The van der Waals surface area contributed by atoms with Gasteiger partial charge >= 0.3 is 0 Å². The third-order valence-corrected chi connectivity index (χ3v) is 0.421. The number of hydrogen-bond acceptors (Lipinski definition) is 1. The summed E-state index contributed by atoms with van der Waals surface area (Å²) in [5.41, 5.74) is 5.09. The van der Waals surface area contributed by atoms with Crippen molar-refractivity contribution in [2.45, 2.75) is 6.92 Å². The topological polar surface area (TPSA) is 43.1 Å². The summed E-state index contributed by atoms with van der Waals surface area (Å²) in [7, 11) is 0. The number of amides is 1. The van der Waals surface area contributed by atoms with E-state index in [-0.39, 0.29) is 21.7 Å². The first-order valence-corrected chi connectivity index (χ1v) is 1.60. The van der Waals surface area contributed by atoms with Crippen LogP contribution in [0.2, 0.25) is 0 Å². The fourth-order valence-corrected chi connectivity index (χ4v) is 0. The first-order chi connectivity index (χ1) is 2.64. The molecule has 7 heavy (non-hydrogen) atoms. The fourth-order valence-electron chi connectivity index (χ4n) is 0. The molecule has 1 amide bonds. The zero-order valence-corrected chi connectivity index (χ0v) is 5.75. The van der Waals surface area contributed by atoms with Crippen molar-refractivity contribution in [3.05, 3.63) is 12.2 Å². The Bertz CT molecular complexity index is 77.7. The molecule has 38 valence electrons. The molecule has 0 saturated carbocycles. The Hall–Kier alpha value is -0.0757. The van der Waals surface area contributed by atoms with Gasteiger partial charge < -0.3 is 5.73 Å². The number of nitrogens with two attached hydrogens (primary N) is 1. The molecule has 0 aromatic rings. The smallest absolute Gasteiger partial charge is 0.243 e. The van der Waals surface area contributed by atoms with E-state index in [0.29, 0.717) is 5.57 Å². The number of primary amides is 1. The van der Waals surface area contributed by atoms with Crippen LogP contribution in [0.1, 0.15) is 6.92 Å². The van der Waals surface area contributed by atoms with Gasteiger partial charge in [-0.3, -0.25) is 4.79 Å². The molecule has 0 atom stereocenters. The molecule has 0 spiro atoms. The summed E-state index contributed by atoms with van der Waals surface area (Å²) in [6.07, 6.45) is 0. The van der Waals surface area contributed by atoms with E-state index in [0.717, 1.165) is 0 Å². The molecule has 3 heteroatoms. The standard InChI is InChI=1S/C4H7NO.Ti/c1-3(2)4(5)6;/h1H2,2H3,(H2,5,6);. The van der Waals surface area contributed by atoms with Crippen LogP contribution in [0.3, 0.4) is 0 Å². The molecule has 0 saturated heterocycles. The Labute approximate surface area is 57.7 Å². The summed E-state index contributed by atoms with van der Waals surface area (Å²) in [5.74, 6) is -0.435. The van der Waals surface area contributed by atoms with E-state index in [1.807, 2.05) is 0 Å². The second-order valence-electron chi connectivity index (χ2n) is 1.14. The van der Waals surface area contributed by atoms with Gasteiger partial charge in [0.05, 0.1) is 0 Å². The first-order valence-electron chi connectivity index (χ1n) is 1.60. The predicted molar refractivity (Wildman–Crippen MR) is 24.0 cm³/mol. The van der Waals surface area contributed by atoms with Crippen molar-refractivity contribution in [2.24, 2.45) is 5.73 Å². The number of hydrogen-bond donors (Lipinski definition) is 1. The van der Waals surface area contributed by atoms with Crippen molar-refractivity contribution in [1.82, 2.24) is 0 Å². The zero-order valence-electron chi connectivity index (χ0n) is 4.19. The quantitative estimate of drug-likeness (QED) is 0.398. The maximum Gasteiger partial charge on any atom is 0.243 e. The third kappa shape index (κ3) is 5.92. The van der Waals surface area contributed by atoms with Gasteiger partial charge in [-0.1, -0.05) is 6.58 Å². The first kappa shape index (κ1) is 10.0. The Morgan fingerprint density at radius 2 is 1.86 bits per heavy atom. The largest absolute Gasteiger partial charge is 0.366 e. The SMILES string of the molecule is C=C(C)C(N)=O.[Ti]. The second kappa shape index (κ2) is 4.09. The molecule has 0 unspecified atom stereocenters. The van der Waals surface area contributed by atoms with Crippen LogP contribution < -0.4 is 5.73 Å². The average molecular weight is 133 g/mol. The summed E-state index contributed by atoms with van der Waals surface area (Å²) in [6.45, 7) is 4.85. The molecule has 0 radical (unpaired) electrons. The van der Waals surface area contributed by atoms with Crippen LogP contribution >= 0.6 is 0 Å². The molecule has 0 rings (SSSR count). The summed E-state index contributed by atoms with van der Waals surface area (Å²) in [4.78, 5) is 9.82. The van der Waals surface area contributed by atoms with Crippen molar-refractivity contribution in [3.8, 4) is 0 Å². The van der Waals surface area contributed by atoms with Crippen molar-refractivity contribution >= 4 is 5.91 Å². The van der Waals surface area contributed by atoms with Crippen LogP contribution in [0.4, 0.5) is 0 Å². The number of carbonyl (C=O) groups is 1. The van der Waals surface area contributed by atoms with Gasteiger partial charge in [0, 0.05) is 27.3 Å². The van der Waals surface area contributed by atoms with Gasteiger partial charge in [-0.25, -0.2) is 0 Å². The summed E-state index contributed by atoms with van der Waals surface area (Å²) in [6, 6.07) is 0. The van der Waals surface area contributed by atoms with Crippen LogP contribution in [0.15, 0.2) is 12.2 Å². The summed E-state index contributed by atoms with van der Waals surface area (Å²) < 4.78 is 0. The average Bonchev–Trinajstić information content (AvgIpc) is 1.36. The molecule has 2 nitrogen and oxygen atoms in total. The molecule has 0 aliphatic rings. The molecule has 0 aromatic carbocycles. The molecule has 0 heterocycles. The zero-order chi connectivity index (χ0) is 5.15. The van der Waals surface area contributed by atoms with Crippen LogP contribution in [0, 0.1) is 0 Å². The molecule has 0 bridgehead atoms. The second-order valence-corrected chi connectivity index (χ2v) is 1.14. The number of carbonyl (C=O) groups excluding carboxylic acids is 1. The Balaban J connectivity index is 0. The van der Waals surface area contributed by atoms with Crippen molar-refractivity contribution < 1.29 is 26.5 Å². The van der Waals surface area contributed by atoms with E-state index in [2.05, 4.69) is 6.58 Å². The van der Waals surface area contributed by atoms with Crippen molar-refractivity contribution in [2.75, 3.05) is 0 Å². The van der Waals surface area contributed by atoms with Crippen molar-refractivity contribution in [3.63, 3.8) is 0 Å². The molecule has 0 aliphatic carbocycles. The van der Waals surface area contributed by atoms with Gasteiger partial charge in [0.1, 0.15) is 0 Å². The molecule has 0 fully saturated rings. The summed E-state index contributed by atoms with van der Waals surface area (Å²) >= 11 is 0. The minimum absolute atomic E-state index is 0.